The Morgan fingerprint density at radius 2 is 1.82 bits per heavy atom. The predicted molar refractivity (Wildman–Crippen MR) is 107 cm³/mol. The number of hydrogen-bond acceptors (Lipinski definition) is 4. The van der Waals surface area contributed by atoms with Gasteiger partial charge in [0.05, 0.1) is 12.8 Å². The molecule has 8 heteroatoms. The molecule has 7 nitrogen and oxygen atoms in total. The van der Waals surface area contributed by atoms with Gasteiger partial charge < -0.3 is 10.2 Å². The van der Waals surface area contributed by atoms with Crippen molar-refractivity contribution < 1.29 is 18.0 Å². The van der Waals surface area contributed by atoms with Crippen molar-refractivity contribution in [3.63, 3.8) is 0 Å². The van der Waals surface area contributed by atoms with Gasteiger partial charge in [-0.15, -0.1) is 0 Å². The molecule has 154 valence electrons. The number of sulfonamides is 1. The van der Waals surface area contributed by atoms with Crippen molar-refractivity contribution in [3.05, 3.63) is 35.4 Å². The Kier molecular flexibility index (Phi) is 5.82. The summed E-state index contributed by atoms with van der Waals surface area (Å²) in [6, 6.07) is 7.88. The number of carbonyl (C=O) groups excluding carboxylic acids is 2. The Morgan fingerprint density at radius 1 is 1.21 bits per heavy atom. The van der Waals surface area contributed by atoms with Gasteiger partial charge >= 0.3 is 0 Å². The fraction of sp³-hybridized carbons (Fsp3) is 0.600. The largest absolute Gasteiger partial charge is 0.351 e. The van der Waals surface area contributed by atoms with E-state index in [4.69, 9.17) is 0 Å². The number of amides is 2. The fourth-order valence-corrected chi connectivity index (χ4v) is 4.81. The Labute approximate surface area is 167 Å². The molecule has 0 unspecified atom stereocenters. The zero-order valence-corrected chi connectivity index (χ0v) is 17.6. The third-order valence-electron chi connectivity index (χ3n) is 5.80. The van der Waals surface area contributed by atoms with Crippen LogP contribution in [0, 0.1) is 6.92 Å². The molecule has 1 heterocycles. The predicted octanol–water partition coefficient (Wildman–Crippen LogP) is 1.42. The number of benzene rings is 1. The van der Waals surface area contributed by atoms with Crippen LogP contribution in [-0.2, 0) is 26.2 Å². The number of rotatable bonds is 5. The third kappa shape index (κ3) is 4.38. The van der Waals surface area contributed by atoms with Gasteiger partial charge in [0.25, 0.3) is 0 Å². The summed E-state index contributed by atoms with van der Waals surface area (Å²) >= 11 is 0. The third-order valence-corrected chi connectivity index (χ3v) is 7.00. The van der Waals surface area contributed by atoms with Crippen LogP contribution < -0.4 is 5.32 Å². The van der Waals surface area contributed by atoms with Crippen molar-refractivity contribution in [2.75, 3.05) is 19.3 Å². The Hall–Kier alpha value is -1.93. The minimum Gasteiger partial charge on any atom is -0.351 e. The summed E-state index contributed by atoms with van der Waals surface area (Å²) in [7, 11) is -3.59. The molecule has 0 bridgehead atoms. The number of hydrogen-bond donors (Lipinski definition) is 1. The van der Waals surface area contributed by atoms with Gasteiger partial charge in [0.15, 0.2) is 0 Å². The molecule has 2 amide bonds. The number of aryl methyl sites for hydroxylation is 1. The van der Waals surface area contributed by atoms with Gasteiger partial charge in [0, 0.05) is 19.1 Å². The Balaban J connectivity index is 1.90. The van der Waals surface area contributed by atoms with Crippen LogP contribution >= 0.6 is 0 Å². The molecule has 1 saturated carbocycles. The average Bonchev–Trinajstić information content (AvgIpc) is 3.11. The van der Waals surface area contributed by atoms with E-state index in [9.17, 15) is 18.0 Å². The van der Waals surface area contributed by atoms with Gasteiger partial charge in [-0.05, 0) is 32.3 Å². The zero-order chi connectivity index (χ0) is 20.5. The van der Waals surface area contributed by atoms with E-state index in [1.54, 1.807) is 6.92 Å². The number of nitrogens with one attached hydrogen (secondary N) is 1. The highest BCUT2D eigenvalue weighted by Crippen LogP contribution is 2.28. The summed E-state index contributed by atoms with van der Waals surface area (Å²) in [6.45, 7) is 3.64. The van der Waals surface area contributed by atoms with Gasteiger partial charge in [-0.25, -0.2) is 8.42 Å². The molecule has 1 aliphatic heterocycles. The quantitative estimate of drug-likeness (QED) is 0.800. The van der Waals surface area contributed by atoms with E-state index in [0.29, 0.717) is 0 Å². The molecule has 0 spiro atoms. The molecule has 3 rings (SSSR count). The van der Waals surface area contributed by atoms with E-state index in [2.05, 4.69) is 5.32 Å². The van der Waals surface area contributed by atoms with Gasteiger partial charge in [-0.3, -0.25) is 9.59 Å². The monoisotopic (exact) mass is 407 g/mol. The van der Waals surface area contributed by atoms with Crippen LogP contribution in [-0.4, -0.2) is 60.4 Å². The molecule has 0 radical (unpaired) electrons. The molecule has 1 aromatic rings. The highest BCUT2D eigenvalue weighted by atomic mass is 32.2. The van der Waals surface area contributed by atoms with Crippen LogP contribution in [0.4, 0.5) is 0 Å². The van der Waals surface area contributed by atoms with Gasteiger partial charge in [-0.2, -0.15) is 4.31 Å². The Bertz CT molecular complexity index is 847. The molecule has 2 fully saturated rings. The van der Waals surface area contributed by atoms with E-state index in [1.807, 2.05) is 31.2 Å². The molecule has 1 atom stereocenters. The van der Waals surface area contributed by atoms with Crippen molar-refractivity contribution in [2.24, 2.45) is 0 Å². The Morgan fingerprint density at radius 3 is 2.39 bits per heavy atom. The van der Waals surface area contributed by atoms with E-state index < -0.39 is 15.6 Å². The topological polar surface area (TPSA) is 86.8 Å². The summed E-state index contributed by atoms with van der Waals surface area (Å²) in [4.78, 5) is 27.7. The number of nitrogens with zero attached hydrogens (tertiary/aromatic N) is 2. The molecular formula is C20H29N3O4S. The van der Waals surface area contributed by atoms with E-state index in [0.717, 1.165) is 47.4 Å². The van der Waals surface area contributed by atoms with Gasteiger partial charge in [-0.1, -0.05) is 42.7 Å². The lowest BCUT2D eigenvalue weighted by atomic mass is 9.94. The maximum absolute atomic E-state index is 13.2. The van der Waals surface area contributed by atoms with Crippen LogP contribution in [0.3, 0.4) is 0 Å². The van der Waals surface area contributed by atoms with Crippen LogP contribution in [0.1, 0.15) is 43.7 Å². The van der Waals surface area contributed by atoms with Crippen LogP contribution in [0.2, 0.25) is 0 Å². The first-order valence-corrected chi connectivity index (χ1v) is 11.6. The molecule has 1 saturated heterocycles. The highest BCUT2D eigenvalue weighted by Gasteiger charge is 2.49. The normalized spacial score (nSPS) is 24.5. The first kappa shape index (κ1) is 20.8. The van der Waals surface area contributed by atoms with Crippen molar-refractivity contribution >= 4 is 21.8 Å². The van der Waals surface area contributed by atoms with Crippen LogP contribution in [0.15, 0.2) is 24.3 Å². The van der Waals surface area contributed by atoms with Crippen molar-refractivity contribution in [1.29, 1.82) is 0 Å². The summed E-state index contributed by atoms with van der Waals surface area (Å²) in [6.07, 6.45) is 5.06. The first-order chi connectivity index (χ1) is 13.1. The second-order valence-electron chi connectivity index (χ2n) is 8.23. The number of carbonyl (C=O) groups is 2. The van der Waals surface area contributed by atoms with E-state index >= 15 is 0 Å². The van der Waals surface area contributed by atoms with Crippen molar-refractivity contribution in [1.82, 2.24) is 14.5 Å². The minimum absolute atomic E-state index is 0.0397. The second kappa shape index (κ2) is 7.83. The lowest BCUT2D eigenvalue weighted by Gasteiger charge is -2.47. The van der Waals surface area contributed by atoms with Crippen LogP contribution in [0.25, 0.3) is 0 Å². The first-order valence-electron chi connectivity index (χ1n) is 9.72. The maximum Gasteiger partial charge on any atom is 0.247 e. The highest BCUT2D eigenvalue weighted by molar-refractivity contribution is 7.88. The van der Waals surface area contributed by atoms with Gasteiger partial charge in [0.2, 0.25) is 21.8 Å². The molecule has 1 aromatic carbocycles. The van der Waals surface area contributed by atoms with Gasteiger partial charge in [0.1, 0.15) is 5.54 Å². The van der Waals surface area contributed by atoms with E-state index in [-0.39, 0.29) is 37.5 Å². The molecule has 2 aliphatic rings. The summed E-state index contributed by atoms with van der Waals surface area (Å²) < 4.78 is 25.3. The smallest absolute Gasteiger partial charge is 0.247 e. The van der Waals surface area contributed by atoms with Crippen molar-refractivity contribution in [2.45, 2.75) is 57.7 Å². The molecule has 1 N–H and O–H groups in total. The van der Waals surface area contributed by atoms with Crippen LogP contribution in [0.5, 0.6) is 0 Å². The lowest BCUT2D eigenvalue weighted by Crippen LogP contribution is -2.69. The minimum atomic E-state index is -3.59. The fourth-order valence-electron chi connectivity index (χ4n) is 3.97. The standard InChI is InChI=1S/C20H29N3O4S/c1-15-8-10-16(11-9-15)12-23-18(24)13-22(28(3,26)27)14-20(23,2)19(25)21-17-6-4-5-7-17/h8-11,17H,4-7,12-14H2,1-3H3,(H,21,25)/t20-/m0/s1. The molecule has 1 aliphatic carbocycles. The molecule has 0 aromatic heterocycles. The van der Waals surface area contributed by atoms with E-state index in [1.165, 1.54) is 4.90 Å². The average molecular weight is 408 g/mol. The maximum atomic E-state index is 13.2. The zero-order valence-electron chi connectivity index (χ0n) is 16.8. The summed E-state index contributed by atoms with van der Waals surface area (Å²) in [5, 5.41) is 3.05. The summed E-state index contributed by atoms with van der Waals surface area (Å²) in [5.41, 5.74) is 0.761. The van der Waals surface area contributed by atoms with Crippen molar-refractivity contribution in [3.8, 4) is 0 Å². The second-order valence-corrected chi connectivity index (χ2v) is 10.2. The number of piperazine rings is 1. The lowest BCUT2D eigenvalue weighted by molar-refractivity contribution is -0.154. The molecule has 28 heavy (non-hydrogen) atoms. The molecular weight excluding hydrogens is 378 g/mol. The summed E-state index contributed by atoms with van der Waals surface area (Å²) in [5.74, 6) is -0.644. The SMILES string of the molecule is Cc1ccc(CN2C(=O)CN(S(C)(=O)=O)C[C@@]2(C)C(=O)NC2CCCC2)cc1.